The van der Waals surface area contributed by atoms with Crippen LogP contribution in [0.2, 0.25) is 0 Å². The Hall–Kier alpha value is -2.66. The fourth-order valence-electron chi connectivity index (χ4n) is 3.11. The van der Waals surface area contributed by atoms with Crippen molar-refractivity contribution in [3.8, 4) is 0 Å². The van der Waals surface area contributed by atoms with Crippen molar-refractivity contribution >= 4 is 17.6 Å². The topological polar surface area (TPSA) is 72.8 Å². The minimum atomic E-state index is -1.66. The number of fused-ring (bicyclic) bond motifs is 1. The summed E-state index contributed by atoms with van der Waals surface area (Å²) in [6.07, 6.45) is 3.25. The van der Waals surface area contributed by atoms with E-state index in [1.165, 1.54) is 27.2 Å². The van der Waals surface area contributed by atoms with Crippen molar-refractivity contribution in [1.82, 2.24) is 0 Å². The Kier molecular flexibility index (Phi) is 3.45. The van der Waals surface area contributed by atoms with Crippen LogP contribution in [0.3, 0.4) is 0 Å². The van der Waals surface area contributed by atoms with E-state index in [2.05, 4.69) is 0 Å². The van der Waals surface area contributed by atoms with E-state index in [0.29, 0.717) is 5.56 Å². The van der Waals surface area contributed by atoms with Crippen LogP contribution in [-0.4, -0.2) is 30.9 Å². The molecule has 0 saturated carbocycles. The molecule has 0 aliphatic heterocycles. The van der Waals surface area contributed by atoms with Gasteiger partial charge in [-0.1, -0.05) is 30.3 Å². The van der Waals surface area contributed by atoms with Crippen LogP contribution < -0.4 is 0 Å². The van der Waals surface area contributed by atoms with Crippen LogP contribution >= 0.6 is 0 Å². The van der Waals surface area contributed by atoms with E-state index in [1.807, 2.05) is 12.1 Å². The van der Waals surface area contributed by atoms with Gasteiger partial charge in [0.15, 0.2) is 0 Å². The van der Waals surface area contributed by atoms with Crippen molar-refractivity contribution in [1.29, 1.82) is 0 Å². The van der Waals surface area contributed by atoms with Crippen molar-refractivity contribution in [2.75, 3.05) is 14.2 Å². The molecule has 5 nitrogen and oxygen atoms in total. The van der Waals surface area contributed by atoms with E-state index in [9.17, 15) is 14.7 Å². The van der Waals surface area contributed by atoms with Gasteiger partial charge >= 0.3 is 0 Å². The molecule has 23 heavy (non-hydrogen) atoms. The molecule has 1 aromatic rings. The third-order valence-electron chi connectivity index (χ3n) is 4.23. The molecular weight excluding hydrogens is 296 g/mol. The summed E-state index contributed by atoms with van der Waals surface area (Å²) in [5.74, 6) is -1.35. The Bertz CT molecular complexity index is 812. The summed E-state index contributed by atoms with van der Waals surface area (Å²) in [6.45, 7) is 1.51. The maximum atomic E-state index is 12.8. The van der Waals surface area contributed by atoms with Gasteiger partial charge in [0.2, 0.25) is 23.1 Å². The van der Waals surface area contributed by atoms with Gasteiger partial charge in [-0.15, -0.1) is 0 Å². The molecule has 0 heterocycles. The zero-order chi connectivity index (χ0) is 16.8. The number of carbonyl (C=O) groups excluding carboxylic acids is 2. The molecule has 0 spiro atoms. The van der Waals surface area contributed by atoms with E-state index in [0.717, 1.165) is 5.56 Å². The van der Waals surface area contributed by atoms with Crippen molar-refractivity contribution in [2.24, 2.45) is 0 Å². The maximum absolute atomic E-state index is 12.8. The lowest BCUT2D eigenvalue weighted by molar-refractivity contribution is -0.122. The summed E-state index contributed by atoms with van der Waals surface area (Å²) in [6, 6.07) is 7.18. The van der Waals surface area contributed by atoms with Gasteiger partial charge in [0.05, 0.1) is 19.8 Å². The Morgan fingerprint density at radius 1 is 1.00 bits per heavy atom. The fourth-order valence-corrected chi connectivity index (χ4v) is 3.11. The molecule has 2 aliphatic carbocycles. The quantitative estimate of drug-likeness (QED) is 0.863. The van der Waals surface area contributed by atoms with Crippen LogP contribution in [0.1, 0.15) is 18.1 Å². The number of Topliss-reactive ketones (excluding diaryl/α,β-unsaturated/α-hetero) is 2. The lowest BCUT2D eigenvalue weighted by Gasteiger charge is -2.30. The van der Waals surface area contributed by atoms with Crippen LogP contribution in [0.15, 0.2) is 53.0 Å². The number of allylic oxidation sites excluding steroid dienone is 2. The molecule has 5 heteroatoms. The number of benzene rings is 1. The first-order valence-electron chi connectivity index (χ1n) is 7.09. The Labute approximate surface area is 133 Å². The highest BCUT2D eigenvalue weighted by Crippen LogP contribution is 2.44. The highest BCUT2D eigenvalue weighted by molar-refractivity contribution is 6.24. The zero-order valence-corrected chi connectivity index (χ0v) is 13.0. The first-order valence-corrected chi connectivity index (χ1v) is 7.09. The molecule has 1 unspecified atom stereocenters. The minimum absolute atomic E-state index is 0.00125. The second-order valence-corrected chi connectivity index (χ2v) is 5.41. The van der Waals surface area contributed by atoms with E-state index in [1.54, 1.807) is 18.2 Å². The molecule has 0 fully saturated rings. The molecular formula is C18H16O5. The smallest absolute Gasteiger partial charge is 0.231 e. The highest BCUT2D eigenvalue weighted by atomic mass is 16.5. The summed E-state index contributed by atoms with van der Waals surface area (Å²) in [7, 11) is 2.59. The molecule has 1 N–H and O–H groups in total. The largest absolute Gasteiger partial charge is 0.489 e. The van der Waals surface area contributed by atoms with E-state index in [4.69, 9.17) is 9.47 Å². The van der Waals surface area contributed by atoms with Crippen molar-refractivity contribution in [3.05, 3.63) is 64.1 Å². The average molecular weight is 312 g/mol. The number of ether oxygens (including phenoxy) is 2. The van der Waals surface area contributed by atoms with Crippen molar-refractivity contribution in [3.63, 3.8) is 0 Å². The Balaban J connectivity index is 2.22. The first-order chi connectivity index (χ1) is 11.0. The summed E-state index contributed by atoms with van der Waals surface area (Å²) in [5.41, 5.74) is -0.142. The predicted octanol–water partition coefficient (Wildman–Crippen LogP) is 1.87. The fraction of sp³-hybridized carbons (Fsp3) is 0.222. The summed E-state index contributed by atoms with van der Waals surface area (Å²) in [4.78, 5) is 25.3. The van der Waals surface area contributed by atoms with Crippen LogP contribution in [0, 0.1) is 0 Å². The minimum Gasteiger partial charge on any atom is -0.489 e. The van der Waals surface area contributed by atoms with Gasteiger partial charge in [-0.3, -0.25) is 9.59 Å². The first kappa shape index (κ1) is 15.2. The number of ketones is 2. The van der Waals surface area contributed by atoms with Gasteiger partial charge in [0.25, 0.3) is 0 Å². The standard InChI is InChI=1S/C18H16O5/c1-10-13(15(20)17(23-3)16(22-2)14(10)19)18(21)9-8-11-6-4-5-7-12(11)18/h4-9,21H,1-3H3. The van der Waals surface area contributed by atoms with Gasteiger partial charge in [-0.25, -0.2) is 0 Å². The number of rotatable bonds is 3. The van der Waals surface area contributed by atoms with Crippen LogP contribution in [0.5, 0.6) is 0 Å². The summed E-state index contributed by atoms with van der Waals surface area (Å²) in [5, 5.41) is 11.2. The SMILES string of the molecule is COC1=C(OC)C(=O)C(C2(O)C=Cc3ccccc32)=C(C)C1=O. The second-order valence-electron chi connectivity index (χ2n) is 5.41. The molecule has 118 valence electrons. The van der Waals surface area contributed by atoms with Crippen molar-refractivity contribution in [2.45, 2.75) is 12.5 Å². The Morgan fingerprint density at radius 2 is 1.61 bits per heavy atom. The van der Waals surface area contributed by atoms with Gasteiger partial charge in [0.1, 0.15) is 5.60 Å². The summed E-state index contributed by atoms with van der Waals surface area (Å²) >= 11 is 0. The van der Waals surface area contributed by atoms with E-state index >= 15 is 0 Å². The number of aliphatic hydroxyl groups is 1. The number of carbonyl (C=O) groups is 2. The van der Waals surface area contributed by atoms with Crippen LogP contribution in [0.25, 0.3) is 6.08 Å². The zero-order valence-electron chi connectivity index (χ0n) is 13.0. The van der Waals surface area contributed by atoms with E-state index < -0.39 is 17.2 Å². The lowest BCUT2D eigenvalue weighted by Crippen LogP contribution is -2.36. The summed E-state index contributed by atoms with van der Waals surface area (Å²) < 4.78 is 10.1. The second kappa shape index (κ2) is 5.21. The molecule has 0 radical (unpaired) electrons. The van der Waals surface area contributed by atoms with Gasteiger partial charge in [0, 0.05) is 5.57 Å². The molecule has 1 aromatic carbocycles. The maximum Gasteiger partial charge on any atom is 0.231 e. The number of hydrogen-bond acceptors (Lipinski definition) is 5. The van der Waals surface area contributed by atoms with E-state index in [-0.39, 0.29) is 22.7 Å². The monoisotopic (exact) mass is 312 g/mol. The van der Waals surface area contributed by atoms with Crippen molar-refractivity contribution < 1.29 is 24.2 Å². The molecule has 0 amide bonds. The van der Waals surface area contributed by atoms with Crippen LogP contribution in [-0.2, 0) is 24.7 Å². The molecule has 0 bridgehead atoms. The van der Waals surface area contributed by atoms with Gasteiger partial charge in [-0.2, -0.15) is 0 Å². The lowest BCUT2D eigenvalue weighted by atomic mass is 9.79. The molecule has 3 rings (SSSR count). The van der Waals surface area contributed by atoms with Gasteiger partial charge in [-0.05, 0) is 24.1 Å². The third-order valence-corrected chi connectivity index (χ3v) is 4.23. The average Bonchev–Trinajstić information content (AvgIpc) is 2.89. The highest BCUT2D eigenvalue weighted by Gasteiger charge is 2.47. The van der Waals surface area contributed by atoms with Crippen LogP contribution in [0.4, 0.5) is 0 Å². The molecule has 1 atom stereocenters. The normalized spacial score (nSPS) is 23.5. The Morgan fingerprint density at radius 3 is 2.26 bits per heavy atom. The molecule has 0 saturated heterocycles. The predicted molar refractivity (Wildman–Crippen MR) is 83.1 cm³/mol. The number of methoxy groups -OCH3 is 2. The molecule has 2 aliphatic rings. The third kappa shape index (κ3) is 1.97. The molecule has 0 aromatic heterocycles. The van der Waals surface area contributed by atoms with Gasteiger partial charge < -0.3 is 14.6 Å². The number of hydrogen-bond donors (Lipinski definition) is 1.